The lowest BCUT2D eigenvalue weighted by Crippen LogP contribution is -2.35. The van der Waals surface area contributed by atoms with E-state index in [-0.39, 0.29) is 12.6 Å². The highest BCUT2D eigenvalue weighted by Gasteiger charge is 2.37. The zero-order chi connectivity index (χ0) is 24.4. The fraction of sp³-hybridized carbons (Fsp3) is 0.444. The second-order valence-electron chi connectivity index (χ2n) is 9.39. The van der Waals surface area contributed by atoms with Gasteiger partial charge in [0.2, 0.25) is 0 Å². The Morgan fingerprint density at radius 2 is 1.79 bits per heavy atom. The molecule has 1 aliphatic carbocycles. The largest absolute Gasteiger partial charge is 0.462 e. The summed E-state index contributed by atoms with van der Waals surface area (Å²) in [5.74, 6) is -0.385. The van der Waals surface area contributed by atoms with Crippen LogP contribution in [-0.4, -0.2) is 39.2 Å². The Labute approximate surface area is 205 Å². The van der Waals surface area contributed by atoms with E-state index in [2.05, 4.69) is 28.8 Å². The van der Waals surface area contributed by atoms with Crippen LogP contribution in [-0.2, 0) is 14.3 Å². The third-order valence-electron chi connectivity index (χ3n) is 6.51. The highest BCUT2D eigenvalue weighted by atomic mass is 32.2. The van der Waals surface area contributed by atoms with Gasteiger partial charge in [0, 0.05) is 17.1 Å². The molecular weight excluding hydrogens is 448 g/mol. The van der Waals surface area contributed by atoms with Crippen LogP contribution in [0.15, 0.2) is 35.2 Å². The molecule has 6 nitrogen and oxygen atoms in total. The van der Waals surface area contributed by atoms with Gasteiger partial charge in [0.15, 0.2) is 0 Å². The van der Waals surface area contributed by atoms with Gasteiger partial charge in [-0.1, -0.05) is 31.4 Å². The lowest BCUT2D eigenvalue weighted by molar-refractivity contribution is -0.149. The van der Waals surface area contributed by atoms with Crippen molar-refractivity contribution in [1.82, 2.24) is 9.47 Å². The molecule has 0 N–H and O–H groups in total. The molecule has 0 spiro atoms. The van der Waals surface area contributed by atoms with Crippen LogP contribution in [0.25, 0.3) is 11.8 Å². The number of carbonyl (C=O) groups excluding carboxylic acids is 3. The first kappa shape index (κ1) is 24.3. The average Bonchev–Trinajstić information content (AvgIpc) is 3.23. The SMILES string of the molecule is Cc1cc(/C=C2\SC(=O)N(CC(=O)OC(C)C)C2=O)c(C)n1-c1ccc(C2CCCCC2)cc1. The number of hydrogen-bond acceptors (Lipinski definition) is 5. The van der Waals surface area contributed by atoms with Crippen molar-refractivity contribution in [3.05, 3.63) is 57.8 Å². The molecule has 2 aliphatic rings. The van der Waals surface area contributed by atoms with E-state index in [1.54, 1.807) is 19.9 Å². The van der Waals surface area contributed by atoms with E-state index in [9.17, 15) is 14.4 Å². The van der Waals surface area contributed by atoms with E-state index in [1.165, 1.54) is 37.7 Å². The first-order valence-corrected chi connectivity index (χ1v) is 12.8. The van der Waals surface area contributed by atoms with Gasteiger partial charge in [-0.3, -0.25) is 19.3 Å². The third kappa shape index (κ3) is 5.14. The molecule has 2 amide bonds. The highest BCUT2D eigenvalue weighted by molar-refractivity contribution is 8.18. The number of hydrogen-bond donors (Lipinski definition) is 0. The van der Waals surface area contributed by atoms with Gasteiger partial charge in [-0.25, -0.2) is 0 Å². The highest BCUT2D eigenvalue weighted by Crippen LogP contribution is 2.35. The number of nitrogens with zero attached hydrogens (tertiary/aromatic N) is 2. The molecule has 2 aromatic rings. The van der Waals surface area contributed by atoms with E-state index in [4.69, 9.17) is 4.74 Å². The Bertz CT molecular complexity index is 1120. The standard InChI is InChI=1S/C27H32N2O4S/c1-17(2)33-25(30)16-28-26(31)24(34-27(28)32)15-22-14-18(3)29(19(22)4)23-12-10-21(11-13-23)20-8-6-5-7-9-20/h10-15,17,20H,5-9,16H2,1-4H3/b24-15-. The van der Waals surface area contributed by atoms with Crippen LogP contribution >= 0.6 is 11.8 Å². The van der Waals surface area contributed by atoms with Gasteiger partial charge in [-0.15, -0.1) is 0 Å². The second-order valence-corrected chi connectivity index (χ2v) is 10.4. The van der Waals surface area contributed by atoms with Crippen molar-refractivity contribution in [1.29, 1.82) is 0 Å². The maximum absolute atomic E-state index is 12.8. The minimum Gasteiger partial charge on any atom is -0.462 e. The van der Waals surface area contributed by atoms with Crippen LogP contribution < -0.4 is 0 Å². The molecule has 1 aromatic heterocycles. The van der Waals surface area contributed by atoms with Crippen molar-refractivity contribution in [3.8, 4) is 5.69 Å². The zero-order valence-electron chi connectivity index (χ0n) is 20.3. The normalized spacial score (nSPS) is 18.4. The number of esters is 1. The summed E-state index contributed by atoms with van der Waals surface area (Å²) in [6.07, 6.45) is 7.97. The average molecular weight is 481 g/mol. The van der Waals surface area contributed by atoms with Crippen LogP contribution in [0.3, 0.4) is 0 Å². The molecule has 34 heavy (non-hydrogen) atoms. The zero-order valence-corrected chi connectivity index (χ0v) is 21.1. The van der Waals surface area contributed by atoms with Crippen molar-refractivity contribution < 1.29 is 19.1 Å². The fourth-order valence-electron chi connectivity index (χ4n) is 4.87. The van der Waals surface area contributed by atoms with Gasteiger partial charge in [-0.05, 0) is 93.6 Å². The molecule has 0 unspecified atom stereocenters. The number of imide groups is 1. The third-order valence-corrected chi connectivity index (χ3v) is 7.42. The Balaban J connectivity index is 1.54. The van der Waals surface area contributed by atoms with Crippen molar-refractivity contribution >= 4 is 35.0 Å². The first-order chi connectivity index (χ1) is 16.2. The number of thioether (sulfide) groups is 1. The summed E-state index contributed by atoms with van der Waals surface area (Å²) in [7, 11) is 0. The van der Waals surface area contributed by atoms with Crippen LogP contribution in [0.2, 0.25) is 0 Å². The van der Waals surface area contributed by atoms with Crippen molar-refractivity contribution in [2.75, 3.05) is 6.54 Å². The number of benzene rings is 1. The molecule has 0 atom stereocenters. The molecule has 1 saturated carbocycles. The first-order valence-electron chi connectivity index (χ1n) is 12.0. The summed E-state index contributed by atoms with van der Waals surface area (Å²) >= 11 is 0.856. The van der Waals surface area contributed by atoms with Gasteiger partial charge in [0.05, 0.1) is 11.0 Å². The monoisotopic (exact) mass is 480 g/mol. The smallest absolute Gasteiger partial charge is 0.326 e. The quantitative estimate of drug-likeness (QED) is 0.367. The van der Waals surface area contributed by atoms with E-state index >= 15 is 0 Å². The molecule has 0 radical (unpaired) electrons. The Morgan fingerprint density at radius 1 is 1.12 bits per heavy atom. The van der Waals surface area contributed by atoms with Crippen molar-refractivity contribution in [2.24, 2.45) is 0 Å². The van der Waals surface area contributed by atoms with Gasteiger partial charge in [-0.2, -0.15) is 0 Å². The molecule has 2 fully saturated rings. The number of aromatic nitrogens is 1. The number of rotatable bonds is 6. The maximum Gasteiger partial charge on any atom is 0.326 e. The molecule has 1 aliphatic heterocycles. The van der Waals surface area contributed by atoms with E-state index in [1.807, 2.05) is 19.9 Å². The summed E-state index contributed by atoms with van der Waals surface area (Å²) in [6.45, 7) is 7.13. The Kier molecular flexibility index (Phi) is 7.31. The predicted octanol–water partition coefficient (Wildman–Crippen LogP) is 6.13. The molecule has 1 saturated heterocycles. The van der Waals surface area contributed by atoms with Crippen LogP contribution in [0, 0.1) is 13.8 Å². The van der Waals surface area contributed by atoms with Crippen molar-refractivity contribution in [2.45, 2.75) is 71.8 Å². The molecule has 4 rings (SSSR count). The molecule has 1 aromatic carbocycles. The number of aryl methyl sites for hydroxylation is 1. The lowest BCUT2D eigenvalue weighted by atomic mass is 9.84. The van der Waals surface area contributed by atoms with E-state index in [0.29, 0.717) is 10.8 Å². The van der Waals surface area contributed by atoms with Gasteiger partial charge >= 0.3 is 5.97 Å². The molecule has 2 heterocycles. The summed E-state index contributed by atoms with van der Waals surface area (Å²) < 4.78 is 7.25. The number of carbonyl (C=O) groups is 3. The van der Waals surface area contributed by atoms with Crippen molar-refractivity contribution in [3.63, 3.8) is 0 Å². The van der Waals surface area contributed by atoms with Gasteiger partial charge in [0.25, 0.3) is 11.1 Å². The minimum atomic E-state index is -0.589. The summed E-state index contributed by atoms with van der Waals surface area (Å²) in [4.78, 5) is 38.4. The Morgan fingerprint density at radius 3 is 2.44 bits per heavy atom. The van der Waals surface area contributed by atoms with Gasteiger partial charge < -0.3 is 9.30 Å². The van der Waals surface area contributed by atoms with E-state index in [0.717, 1.165) is 39.3 Å². The molecule has 7 heteroatoms. The van der Waals surface area contributed by atoms with E-state index < -0.39 is 17.1 Å². The predicted molar refractivity (Wildman–Crippen MR) is 135 cm³/mol. The summed E-state index contributed by atoms with van der Waals surface area (Å²) in [6, 6.07) is 10.8. The lowest BCUT2D eigenvalue weighted by Gasteiger charge is -2.22. The second kappa shape index (κ2) is 10.2. The molecule has 180 valence electrons. The summed E-state index contributed by atoms with van der Waals surface area (Å²) in [5.41, 5.74) is 5.42. The number of ether oxygens (including phenoxy) is 1. The fourth-order valence-corrected chi connectivity index (χ4v) is 5.70. The number of amides is 2. The van der Waals surface area contributed by atoms with Gasteiger partial charge in [0.1, 0.15) is 6.54 Å². The Hall–Kier alpha value is -2.80. The molecule has 0 bridgehead atoms. The molecular formula is C27H32N2O4S. The van der Waals surface area contributed by atoms with Crippen LogP contribution in [0.1, 0.15) is 74.4 Å². The van der Waals surface area contributed by atoms with Crippen LogP contribution in [0.4, 0.5) is 4.79 Å². The maximum atomic E-state index is 12.8. The minimum absolute atomic E-state index is 0.301. The summed E-state index contributed by atoms with van der Waals surface area (Å²) in [5, 5.41) is -0.455. The van der Waals surface area contributed by atoms with Crippen LogP contribution in [0.5, 0.6) is 0 Å². The topological polar surface area (TPSA) is 68.6 Å².